The van der Waals surface area contributed by atoms with Gasteiger partial charge in [-0.1, -0.05) is 67.9 Å². The van der Waals surface area contributed by atoms with Gasteiger partial charge in [0.05, 0.1) is 0 Å². The van der Waals surface area contributed by atoms with E-state index >= 15 is 0 Å². The van der Waals surface area contributed by atoms with Crippen LogP contribution in [0.4, 0.5) is 0 Å². The summed E-state index contributed by atoms with van der Waals surface area (Å²) in [4.78, 5) is 0.574. The SMILES string of the molecule is CCc1ccc(C(CC)C(Br)C(C)C)cc1. The highest BCUT2D eigenvalue weighted by Crippen LogP contribution is 2.32. The molecule has 1 heteroatoms. The number of benzene rings is 1. The molecular formula is C15H23Br. The summed E-state index contributed by atoms with van der Waals surface area (Å²) in [6, 6.07) is 9.11. The van der Waals surface area contributed by atoms with Crippen molar-refractivity contribution in [2.45, 2.75) is 51.3 Å². The summed E-state index contributed by atoms with van der Waals surface area (Å²) in [6.07, 6.45) is 2.32. The van der Waals surface area contributed by atoms with Gasteiger partial charge in [0.2, 0.25) is 0 Å². The fraction of sp³-hybridized carbons (Fsp3) is 0.600. The molecule has 1 aromatic carbocycles. The molecule has 0 aliphatic carbocycles. The first kappa shape index (κ1) is 13.8. The molecule has 2 unspecified atom stereocenters. The zero-order chi connectivity index (χ0) is 12.1. The summed E-state index contributed by atoms with van der Waals surface area (Å²) in [6.45, 7) is 9.04. The molecule has 0 aliphatic rings. The molecular weight excluding hydrogens is 260 g/mol. The summed E-state index contributed by atoms with van der Waals surface area (Å²) >= 11 is 3.84. The molecule has 0 bridgehead atoms. The Kier molecular flexibility index (Phi) is 5.54. The van der Waals surface area contributed by atoms with Gasteiger partial charge >= 0.3 is 0 Å². The quantitative estimate of drug-likeness (QED) is 0.654. The number of alkyl halides is 1. The van der Waals surface area contributed by atoms with E-state index in [9.17, 15) is 0 Å². The monoisotopic (exact) mass is 282 g/mol. The van der Waals surface area contributed by atoms with Crippen molar-refractivity contribution >= 4 is 15.9 Å². The zero-order valence-corrected chi connectivity index (χ0v) is 12.4. The van der Waals surface area contributed by atoms with E-state index in [1.165, 1.54) is 17.5 Å². The van der Waals surface area contributed by atoms with Crippen LogP contribution in [0.25, 0.3) is 0 Å². The van der Waals surface area contributed by atoms with E-state index in [4.69, 9.17) is 0 Å². The third-order valence-corrected chi connectivity index (χ3v) is 4.97. The first-order valence-electron chi connectivity index (χ1n) is 6.33. The van der Waals surface area contributed by atoms with Gasteiger partial charge in [-0.25, -0.2) is 0 Å². The topological polar surface area (TPSA) is 0 Å². The van der Waals surface area contributed by atoms with Crippen LogP contribution in [0.5, 0.6) is 0 Å². The molecule has 0 heterocycles. The fourth-order valence-electron chi connectivity index (χ4n) is 2.11. The largest absolute Gasteiger partial charge is 0.0881 e. The first-order chi connectivity index (χ1) is 7.60. The van der Waals surface area contributed by atoms with Gasteiger partial charge in [-0.2, -0.15) is 0 Å². The van der Waals surface area contributed by atoms with E-state index in [1.54, 1.807) is 0 Å². The lowest BCUT2D eigenvalue weighted by atomic mass is 9.88. The summed E-state index contributed by atoms with van der Waals surface area (Å²) in [5.74, 6) is 1.31. The lowest BCUT2D eigenvalue weighted by molar-refractivity contribution is 0.514. The fourth-order valence-corrected chi connectivity index (χ4v) is 2.79. The maximum absolute atomic E-state index is 3.84. The number of hydrogen-bond donors (Lipinski definition) is 0. The zero-order valence-electron chi connectivity index (χ0n) is 10.8. The van der Waals surface area contributed by atoms with E-state index in [1.807, 2.05) is 0 Å². The Labute approximate surface area is 109 Å². The highest BCUT2D eigenvalue weighted by atomic mass is 79.9. The second kappa shape index (κ2) is 6.44. The van der Waals surface area contributed by atoms with Crippen molar-refractivity contribution in [1.29, 1.82) is 0 Å². The molecule has 1 rings (SSSR count). The third-order valence-electron chi connectivity index (χ3n) is 3.28. The lowest BCUT2D eigenvalue weighted by Crippen LogP contribution is -2.17. The maximum atomic E-state index is 3.84. The summed E-state index contributed by atoms with van der Waals surface area (Å²) in [5, 5.41) is 0. The molecule has 0 N–H and O–H groups in total. The van der Waals surface area contributed by atoms with Crippen LogP contribution < -0.4 is 0 Å². The van der Waals surface area contributed by atoms with Crippen LogP contribution in [-0.4, -0.2) is 4.83 Å². The third kappa shape index (κ3) is 3.35. The van der Waals surface area contributed by atoms with E-state index in [0.717, 1.165) is 6.42 Å². The van der Waals surface area contributed by atoms with E-state index < -0.39 is 0 Å². The number of aryl methyl sites for hydroxylation is 1. The average molecular weight is 283 g/mol. The number of halogens is 1. The highest BCUT2D eigenvalue weighted by Gasteiger charge is 2.21. The highest BCUT2D eigenvalue weighted by molar-refractivity contribution is 9.09. The van der Waals surface area contributed by atoms with Crippen LogP contribution in [0.1, 0.15) is 51.2 Å². The van der Waals surface area contributed by atoms with Crippen LogP contribution in [0.2, 0.25) is 0 Å². The predicted octanol–water partition coefficient (Wildman–Crippen LogP) is 5.16. The number of rotatable bonds is 5. The molecule has 0 spiro atoms. The van der Waals surface area contributed by atoms with Crippen molar-refractivity contribution in [2.24, 2.45) is 5.92 Å². The molecule has 0 aliphatic heterocycles. The van der Waals surface area contributed by atoms with Gasteiger partial charge in [0.15, 0.2) is 0 Å². The smallest absolute Gasteiger partial charge is 0.0237 e. The Hall–Kier alpha value is -0.300. The Morgan fingerprint density at radius 2 is 1.62 bits per heavy atom. The van der Waals surface area contributed by atoms with Crippen molar-refractivity contribution in [2.75, 3.05) is 0 Å². The molecule has 0 amide bonds. The van der Waals surface area contributed by atoms with Crippen LogP contribution in [-0.2, 0) is 6.42 Å². The normalized spacial score (nSPS) is 15.1. The second-order valence-electron chi connectivity index (χ2n) is 4.80. The van der Waals surface area contributed by atoms with Gasteiger partial charge in [-0.05, 0) is 35.8 Å². The molecule has 0 nitrogen and oxygen atoms in total. The maximum Gasteiger partial charge on any atom is 0.0237 e. The van der Waals surface area contributed by atoms with Gasteiger partial charge < -0.3 is 0 Å². The van der Waals surface area contributed by atoms with Gasteiger partial charge in [0.1, 0.15) is 0 Å². The summed E-state index contributed by atoms with van der Waals surface area (Å²) in [5.41, 5.74) is 2.89. The van der Waals surface area contributed by atoms with Crippen LogP contribution >= 0.6 is 15.9 Å². The molecule has 0 radical (unpaired) electrons. The predicted molar refractivity (Wildman–Crippen MR) is 76.4 cm³/mol. The summed E-state index contributed by atoms with van der Waals surface area (Å²) < 4.78 is 0. The van der Waals surface area contributed by atoms with Gasteiger partial charge in [-0.15, -0.1) is 0 Å². The molecule has 0 saturated carbocycles. The summed E-state index contributed by atoms with van der Waals surface area (Å²) in [7, 11) is 0. The Morgan fingerprint density at radius 1 is 1.06 bits per heavy atom. The minimum absolute atomic E-state index is 0.574. The Bertz CT molecular complexity index is 300. The molecule has 0 fully saturated rings. The molecule has 2 atom stereocenters. The first-order valence-corrected chi connectivity index (χ1v) is 7.24. The van der Waals surface area contributed by atoms with Crippen molar-refractivity contribution in [3.63, 3.8) is 0 Å². The lowest BCUT2D eigenvalue weighted by Gasteiger charge is -2.25. The van der Waals surface area contributed by atoms with Crippen LogP contribution in [0.3, 0.4) is 0 Å². The van der Waals surface area contributed by atoms with Gasteiger partial charge in [0.25, 0.3) is 0 Å². The van der Waals surface area contributed by atoms with E-state index in [0.29, 0.717) is 16.7 Å². The number of hydrogen-bond acceptors (Lipinski definition) is 0. The van der Waals surface area contributed by atoms with Crippen molar-refractivity contribution in [3.05, 3.63) is 35.4 Å². The van der Waals surface area contributed by atoms with Gasteiger partial charge in [0, 0.05) is 4.83 Å². The molecule has 90 valence electrons. The van der Waals surface area contributed by atoms with Crippen LogP contribution in [0.15, 0.2) is 24.3 Å². The Morgan fingerprint density at radius 3 is 2.00 bits per heavy atom. The van der Waals surface area contributed by atoms with Crippen molar-refractivity contribution < 1.29 is 0 Å². The Balaban J connectivity index is 2.86. The molecule has 16 heavy (non-hydrogen) atoms. The van der Waals surface area contributed by atoms with Crippen molar-refractivity contribution in [1.82, 2.24) is 0 Å². The van der Waals surface area contributed by atoms with E-state index in [2.05, 4.69) is 67.9 Å². The molecule has 0 saturated heterocycles. The van der Waals surface area contributed by atoms with Crippen LogP contribution in [0, 0.1) is 5.92 Å². The molecule has 0 aromatic heterocycles. The standard InChI is InChI=1S/C15H23Br/c1-5-12-7-9-13(10-8-12)14(6-2)15(16)11(3)4/h7-11,14-15H,5-6H2,1-4H3. The second-order valence-corrected chi connectivity index (χ2v) is 5.86. The van der Waals surface area contributed by atoms with Gasteiger partial charge in [-0.3, -0.25) is 0 Å². The van der Waals surface area contributed by atoms with E-state index in [-0.39, 0.29) is 0 Å². The minimum Gasteiger partial charge on any atom is -0.0881 e. The molecule has 1 aromatic rings. The average Bonchev–Trinajstić information content (AvgIpc) is 2.30. The van der Waals surface area contributed by atoms with Crippen molar-refractivity contribution in [3.8, 4) is 0 Å². The minimum atomic E-state index is 0.574.